The molecular formula is C14H23NO3S. The zero-order valence-electron chi connectivity index (χ0n) is 12.0. The first-order chi connectivity index (χ1) is 8.59. The molecule has 1 aromatic rings. The van der Waals surface area contributed by atoms with Crippen LogP contribution in [0.2, 0.25) is 0 Å². The Bertz CT molecular complexity index is 401. The molecule has 2 atom stereocenters. The molecule has 0 bridgehead atoms. The van der Waals surface area contributed by atoms with Crippen LogP contribution < -0.4 is 5.73 Å². The largest absolute Gasteiger partial charge is 0.460 e. The van der Waals surface area contributed by atoms with Gasteiger partial charge in [0.1, 0.15) is 11.3 Å². The minimum absolute atomic E-state index is 0.448. The van der Waals surface area contributed by atoms with Crippen LogP contribution in [0.3, 0.4) is 0 Å². The zero-order chi connectivity index (χ0) is 14.7. The Labute approximate surface area is 118 Å². The summed E-state index contributed by atoms with van der Waals surface area (Å²) in [6.07, 6.45) is 1.17. The van der Waals surface area contributed by atoms with Gasteiger partial charge in [0.05, 0.1) is 5.92 Å². The molecule has 0 aliphatic rings. The maximum atomic E-state index is 12.1. The molecule has 0 spiro atoms. The highest BCUT2D eigenvalue weighted by atomic mass is 32.1. The molecule has 108 valence electrons. The lowest BCUT2D eigenvalue weighted by Gasteiger charge is -2.30. The first kappa shape index (κ1) is 16.1. The quantitative estimate of drug-likeness (QED) is 0.643. The van der Waals surface area contributed by atoms with Gasteiger partial charge in [-0.1, -0.05) is 6.07 Å². The summed E-state index contributed by atoms with van der Waals surface area (Å²) in [5.41, 5.74) is 3.55. The van der Waals surface area contributed by atoms with Crippen LogP contribution in [-0.4, -0.2) is 22.4 Å². The number of hydrogen-bond acceptors (Lipinski definition) is 5. The molecule has 0 radical (unpaired) electrons. The van der Waals surface area contributed by atoms with E-state index in [-0.39, 0.29) is 0 Å². The highest BCUT2D eigenvalue weighted by molar-refractivity contribution is 7.09. The van der Waals surface area contributed by atoms with Crippen LogP contribution >= 0.6 is 11.3 Å². The summed E-state index contributed by atoms with van der Waals surface area (Å²) in [6.45, 7) is 6.83. The maximum Gasteiger partial charge on any atom is 0.313 e. The van der Waals surface area contributed by atoms with E-state index in [1.807, 2.05) is 17.5 Å². The predicted molar refractivity (Wildman–Crippen MR) is 76.8 cm³/mol. The summed E-state index contributed by atoms with van der Waals surface area (Å²) >= 11 is 1.63. The summed E-state index contributed by atoms with van der Waals surface area (Å²) in [7, 11) is 0. The average Bonchev–Trinajstić information content (AvgIpc) is 2.65. The maximum absolute atomic E-state index is 12.1. The standard InChI is InChI=1S/C14H23NO3S/c1-13(2,3)18-12(16)11(14(4,15)17)8-7-10-6-5-9-19-10/h5-6,9,11,17H,7-8,15H2,1-4H3. The number of carbonyl (C=O) groups excluding carboxylic acids is 1. The van der Waals surface area contributed by atoms with Crippen molar-refractivity contribution in [2.45, 2.75) is 51.9 Å². The fourth-order valence-electron chi connectivity index (χ4n) is 1.76. The van der Waals surface area contributed by atoms with Crippen LogP contribution in [0.15, 0.2) is 17.5 Å². The van der Waals surface area contributed by atoms with Crippen molar-refractivity contribution < 1.29 is 14.6 Å². The molecule has 2 unspecified atom stereocenters. The Balaban J connectivity index is 2.70. The highest BCUT2D eigenvalue weighted by Crippen LogP contribution is 2.24. The van der Waals surface area contributed by atoms with Gasteiger partial charge in [-0.25, -0.2) is 0 Å². The van der Waals surface area contributed by atoms with E-state index in [0.717, 1.165) is 4.88 Å². The molecule has 4 nitrogen and oxygen atoms in total. The van der Waals surface area contributed by atoms with Gasteiger partial charge in [0.2, 0.25) is 0 Å². The summed E-state index contributed by atoms with van der Waals surface area (Å²) in [5.74, 6) is -1.18. The molecule has 0 amide bonds. The summed E-state index contributed by atoms with van der Waals surface area (Å²) in [6, 6.07) is 3.96. The molecule has 0 saturated carbocycles. The smallest absolute Gasteiger partial charge is 0.313 e. The second-order valence-electron chi connectivity index (χ2n) is 5.93. The van der Waals surface area contributed by atoms with E-state index in [0.29, 0.717) is 12.8 Å². The number of hydrogen-bond donors (Lipinski definition) is 2. The van der Waals surface area contributed by atoms with Crippen LogP contribution in [0.25, 0.3) is 0 Å². The first-order valence-corrected chi connectivity index (χ1v) is 7.24. The number of carbonyl (C=O) groups is 1. The van der Waals surface area contributed by atoms with Gasteiger partial charge in [0.25, 0.3) is 0 Å². The van der Waals surface area contributed by atoms with Crippen molar-refractivity contribution in [2.24, 2.45) is 11.7 Å². The van der Waals surface area contributed by atoms with Crippen LogP contribution in [0, 0.1) is 5.92 Å². The molecule has 19 heavy (non-hydrogen) atoms. The molecule has 1 heterocycles. The molecule has 3 N–H and O–H groups in total. The lowest BCUT2D eigenvalue weighted by molar-refractivity contribution is -0.169. The van der Waals surface area contributed by atoms with Gasteiger partial charge < -0.3 is 15.6 Å². The van der Waals surface area contributed by atoms with Crippen molar-refractivity contribution in [3.05, 3.63) is 22.4 Å². The normalized spacial score (nSPS) is 16.7. The third-order valence-corrected chi connectivity index (χ3v) is 3.59. The van der Waals surface area contributed by atoms with E-state index in [4.69, 9.17) is 10.5 Å². The van der Waals surface area contributed by atoms with Crippen LogP contribution in [-0.2, 0) is 16.0 Å². The minimum atomic E-state index is -1.57. The third-order valence-electron chi connectivity index (χ3n) is 2.66. The van der Waals surface area contributed by atoms with Crippen molar-refractivity contribution in [3.63, 3.8) is 0 Å². The van der Waals surface area contributed by atoms with Crippen molar-refractivity contribution >= 4 is 17.3 Å². The second kappa shape index (κ2) is 6.03. The van der Waals surface area contributed by atoms with Gasteiger partial charge in [-0.05, 0) is 52.0 Å². The number of rotatable bonds is 5. The van der Waals surface area contributed by atoms with Crippen LogP contribution in [0.5, 0.6) is 0 Å². The molecule has 1 rings (SSSR count). The van der Waals surface area contributed by atoms with Crippen molar-refractivity contribution in [3.8, 4) is 0 Å². The van der Waals surface area contributed by atoms with Gasteiger partial charge in [0.15, 0.2) is 0 Å². The molecule has 0 aliphatic carbocycles. The van der Waals surface area contributed by atoms with E-state index < -0.39 is 23.2 Å². The molecule has 5 heteroatoms. The topological polar surface area (TPSA) is 72.5 Å². The van der Waals surface area contributed by atoms with Gasteiger partial charge >= 0.3 is 5.97 Å². The molecular weight excluding hydrogens is 262 g/mol. The SMILES string of the molecule is CC(C)(C)OC(=O)C(CCc1cccs1)C(C)(N)O. The Morgan fingerprint density at radius 2 is 2.11 bits per heavy atom. The number of aryl methyl sites for hydroxylation is 1. The van der Waals surface area contributed by atoms with E-state index in [2.05, 4.69) is 0 Å². The van der Waals surface area contributed by atoms with E-state index in [9.17, 15) is 9.90 Å². The fraction of sp³-hybridized carbons (Fsp3) is 0.643. The first-order valence-electron chi connectivity index (χ1n) is 6.36. The predicted octanol–water partition coefficient (Wildman–Crippen LogP) is 2.31. The van der Waals surface area contributed by atoms with Gasteiger partial charge in [-0.2, -0.15) is 0 Å². The van der Waals surface area contributed by atoms with Crippen molar-refractivity contribution in [1.82, 2.24) is 0 Å². The lowest BCUT2D eigenvalue weighted by atomic mass is 9.92. The van der Waals surface area contributed by atoms with E-state index in [1.165, 1.54) is 6.92 Å². The van der Waals surface area contributed by atoms with Gasteiger partial charge in [-0.3, -0.25) is 4.79 Å². The van der Waals surface area contributed by atoms with Crippen molar-refractivity contribution in [1.29, 1.82) is 0 Å². The van der Waals surface area contributed by atoms with Crippen LogP contribution in [0.1, 0.15) is 39.0 Å². The highest BCUT2D eigenvalue weighted by Gasteiger charge is 2.36. The molecule has 0 fully saturated rings. The number of ether oxygens (including phenoxy) is 1. The summed E-state index contributed by atoms with van der Waals surface area (Å²) < 4.78 is 5.32. The third kappa shape index (κ3) is 5.72. The Hall–Kier alpha value is -0.910. The minimum Gasteiger partial charge on any atom is -0.460 e. The summed E-state index contributed by atoms with van der Waals surface area (Å²) in [4.78, 5) is 13.3. The number of thiophene rings is 1. The molecule has 1 aromatic heterocycles. The molecule has 0 aliphatic heterocycles. The second-order valence-corrected chi connectivity index (χ2v) is 6.96. The zero-order valence-corrected chi connectivity index (χ0v) is 12.8. The lowest BCUT2D eigenvalue weighted by Crippen LogP contribution is -2.49. The Morgan fingerprint density at radius 1 is 1.47 bits per heavy atom. The number of aliphatic hydroxyl groups is 1. The Kier molecular flexibility index (Phi) is 5.12. The monoisotopic (exact) mass is 285 g/mol. The number of nitrogens with two attached hydrogens (primary N) is 1. The van der Waals surface area contributed by atoms with E-state index in [1.54, 1.807) is 32.1 Å². The summed E-state index contributed by atoms with van der Waals surface area (Å²) in [5, 5.41) is 11.9. The number of esters is 1. The molecule has 0 aromatic carbocycles. The average molecular weight is 285 g/mol. The van der Waals surface area contributed by atoms with E-state index >= 15 is 0 Å². The van der Waals surface area contributed by atoms with Crippen LogP contribution in [0.4, 0.5) is 0 Å². The molecule has 0 saturated heterocycles. The fourth-order valence-corrected chi connectivity index (χ4v) is 2.49. The van der Waals surface area contributed by atoms with Crippen molar-refractivity contribution in [2.75, 3.05) is 0 Å². The van der Waals surface area contributed by atoms with Gasteiger partial charge in [-0.15, -0.1) is 11.3 Å². The Morgan fingerprint density at radius 3 is 2.53 bits per heavy atom. The van der Waals surface area contributed by atoms with Gasteiger partial charge in [0, 0.05) is 4.88 Å².